The van der Waals surface area contributed by atoms with Crippen LogP contribution in [0.5, 0.6) is 0 Å². The normalized spacial score (nSPS) is 11.1. The average Bonchev–Trinajstić information content (AvgIpc) is 2.64. The van der Waals surface area contributed by atoms with Crippen LogP contribution in [0.1, 0.15) is 31.0 Å². The fourth-order valence-corrected chi connectivity index (χ4v) is 1.92. The first-order chi connectivity index (χ1) is 8.00. The fourth-order valence-electron chi connectivity index (χ4n) is 1.75. The molecule has 17 heavy (non-hydrogen) atoms. The summed E-state index contributed by atoms with van der Waals surface area (Å²) in [5.41, 5.74) is 8.65. The highest BCUT2D eigenvalue weighted by atomic mass is 35.5. The number of halogens is 1. The van der Waals surface area contributed by atoms with E-state index in [9.17, 15) is 0 Å². The predicted molar refractivity (Wildman–Crippen MR) is 69.6 cm³/mol. The van der Waals surface area contributed by atoms with Gasteiger partial charge in [-0.1, -0.05) is 36.7 Å². The van der Waals surface area contributed by atoms with Gasteiger partial charge in [-0.15, -0.1) is 5.10 Å². The molecular weight excluding hydrogens is 236 g/mol. The van der Waals surface area contributed by atoms with E-state index in [0.29, 0.717) is 10.8 Å². The van der Waals surface area contributed by atoms with Crippen LogP contribution in [0, 0.1) is 6.92 Å². The number of nitrogen functional groups attached to an aromatic ring is 1. The molecule has 0 atom stereocenters. The largest absolute Gasteiger partial charge is 0.381 e. The Bertz CT molecular complexity index is 545. The molecule has 0 saturated heterocycles. The van der Waals surface area contributed by atoms with E-state index in [1.165, 1.54) is 0 Å². The van der Waals surface area contributed by atoms with Gasteiger partial charge >= 0.3 is 0 Å². The maximum Gasteiger partial charge on any atom is 0.169 e. The second-order valence-corrected chi connectivity index (χ2v) is 4.77. The highest BCUT2D eigenvalue weighted by Crippen LogP contribution is 2.25. The number of aromatic nitrogens is 3. The Labute approximate surface area is 105 Å². The van der Waals surface area contributed by atoms with Crippen molar-refractivity contribution in [2.75, 3.05) is 5.73 Å². The number of hydrogen-bond acceptors (Lipinski definition) is 3. The molecule has 2 N–H and O–H groups in total. The van der Waals surface area contributed by atoms with Gasteiger partial charge in [0.2, 0.25) is 0 Å². The first kappa shape index (κ1) is 11.9. The topological polar surface area (TPSA) is 56.7 Å². The molecule has 0 aliphatic heterocycles. The molecule has 0 saturated carbocycles. The van der Waals surface area contributed by atoms with E-state index >= 15 is 0 Å². The first-order valence-corrected chi connectivity index (χ1v) is 5.86. The highest BCUT2D eigenvalue weighted by molar-refractivity contribution is 6.31. The SMILES string of the molecule is Cc1ccc(-n2nnc(N)c2C(C)C)cc1Cl. The summed E-state index contributed by atoms with van der Waals surface area (Å²) in [5, 5.41) is 8.69. The minimum atomic E-state index is 0.255. The van der Waals surface area contributed by atoms with Crippen LogP contribution in [0.15, 0.2) is 18.2 Å². The van der Waals surface area contributed by atoms with Gasteiger partial charge in [-0.3, -0.25) is 0 Å². The maximum absolute atomic E-state index is 6.11. The van der Waals surface area contributed by atoms with Crippen LogP contribution in [-0.2, 0) is 0 Å². The molecule has 1 heterocycles. The number of nitrogens with two attached hydrogens (primary N) is 1. The third-order valence-corrected chi connectivity index (χ3v) is 3.09. The van der Waals surface area contributed by atoms with Crippen molar-refractivity contribution >= 4 is 17.4 Å². The molecule has 90 valence electrons. The van der Waals surface area contributed by atoms with Gasteiger partial charge in [0.15, 0.2) is 5.82 Å². The summed E-state index contributed by atoms with van der Waals surface area (Å²) in [5.74, 6) is 0.724. The summed E-state index contributed by atoms with van der Waals surface area (Å²) in [6.45, 7) is 6.08. The molecule has 0 radical (unpaired) electrons. The van der Waals surface area contributed by atoms with Crippen LogP contribution >= 0.6 is 11.6 Å². The second-order valence-electron chi connectivity index (χ2n) is 4.36. The van der Waals surface area contributed by atoms with Crippen LogP contribution in [0.25, 0.3) is 5.69 Å². The van der Waals surface area contributed by atoms with E-state index in [2.05, 4.69) is 24.2 Å². The Morgan fingerprint density at radius 2 is 2.06 bits per heavy atom. The average molecular weight is 251 g/mol. The smallest absolute Gasteiger partial charge is 0.169 e. The van der Waals surface area contributed by atoms with Gasteiger partial charge in [-0.25, -0.2) is 4.68 Å². The quantitative estimate of drug-likeness (QED) is 0.892. The third-order valence-electron chi connectivity index (χ3n) is 2.68. The van der Waals surface area contributed by atoms with E-state index in [0.717, 1.165) is 16.9 Å². The van der Waals surface area contributed by atoms with Crippen molar-refractivity contribution in [2.24, 2.45) is 0 Å². The Hall–Kier alpha value is -1.55. The monoisotopic (exact) mass is 250 g/mol. The van der Waals surface area contributed by atoms with Gasteiger partial charge in [0.05, 0.1) is 11.4 Å². The molecular formula is C12H15ClN4. The van der Waals surface area contributed by atoms with Crippen molar-refractivity contribution in [2.45, 2.75) is 26.7 Å². The van der Waals surface area contributed by atoms with Crippen LogP contribution in [0.3, 0.4) is 0 Å². The van der Waals surface area contributed by atoms with Gasteiger partial charge in [0, 0.05) is 5.02 Å². The fraction of sp³-hybridized carbons (Fsp3) is 0.333. The van der Waals surface area contributed by atoms with E-state index in [4.69, 9.17) is 17.3 Å². The van der Waals surface area contributed by atoms with Crippen LogP contribution in [0.4, 0.5) is 5.82 Å². The van der Waals surface area contributed by atoms with Crippen molar-refractivity contribution in [3.63, 3.8) is 0 Å². The second kappa shape index (κ2) is 4.37. The minimum absolute atomic E-state index is 0.255. The molecule has 2 rings (SSSR count). The molecule has 1 aromatic carbocycles. The van der Waals surface area contributed by atoms with Crippen molar-refractivity contribution in [1.29, 1.82) is 0 Å². The van der Waals surface area contributed by atoms with Gasteiger partial charge in [0.25, 0.3) is 0 Å². The van der Waals surface area contributed by atoms with Crippen molar-refractivity contribution in [1.82, 2.24) is 15.0 Å². The van der Waals surface area contributed by atoms with E-state index < -0.39 is 0 Å². The zero-order chi connectivity index (χ0) is 12.6. The molecule has 0 aliphatic rings. The van der Waals surface area contributed by atoms with Gasteiger partial charge in [0.1, 0.15) is 0 Å². The first-order valence-electron chi connectivity index (χ1n) is 5.48. The van der Waals surface area contributed by atoms with Gasteiger partial charge in [-0.2, -0.15) is 0 Å². The lowest BCUT2D eigenvalue weighted by molar-refractivity contribution is 0.716. The lowest BCUT2D eigenvalue weighted by Gasteiger charge is -2.10. The molecule has 1 aromatic heterocycles. The van der Waals surface area contributed by atoms with Crippen molar-refractivity contribution in [3.05, 3.63) is 34.5 Å². The lowest BCUT2D eigenvalue weighted by Crippen LogP contribution is -2.05. The molecule has 0 amide bonds. The molecule has 2 aromatic rings. The number of rotatable bonds is 2. The Morgan fingerprint density at radius 3 is 2.65 bits per heavy atom. The molecule has 0 fully saturated rings. The summed E-state index contributed by atoms with van der Waals surface area (Å²) < 4.78 is 1.74. The van der Waals surface area contributed by atoms with E-state index in [1.807, 2.05) is 25.1 Å². The van der Waals surface area contributed by atoms with E-state index in [-0.39, 0.29) is 5.92 Å². The summed E-state index contributed by atoms with van der Waals surface area (Å²) >= 11 is 6.11. The summed E-state index contributed by atoms with van der Waals surface area (Å²) in [4.78, 5) is 0. The Kier molecular flexibility index (Phi) is 3.07. The summed E-state index contributed by atoms with van der Waals surface area (Å²) in [7, 11) is 0. The molecule has 5 heteroatoms. The highest BCUT2D eigenvalue weighted by Gasteiger charge is 2.15. The zero-order valence-corrected chi connectivity index (χ0v) is 10.9. The molecule has 0 bridgehead atoms. The number of aryl methyl sites for hydroxylation is 1. The zero-order valence-electron chi connectivity index (χ0n) is 10.1. The summed E-state index contributed by atoms with van der Waals surface area (Å²) in [6, 6.07) is 5.79. The third kappa shape index (κ3) is 2.13. The van der Waals surface area contributed by atoms with Crippen LogP contribution in [-0.4, -0.2) is 15.0 Å². The van der Waals surface area contributed by atoms with Gasteiger partial charge < -0.3 is 5.73 Å². The van der Waals surface area contributed by atoms with Crippen molar-refractivity contribution < 1.29 is 0 Å². The number of anilines is 1. The van der Waals surface area contributed by atoms with Crippen molar-refractivity contribution in [3.8, 4) is 5.69 Å². The molecule has 0 aliphatic carbocycles. The Balaban J connectivity index is 2.56. The maximum atomic E-state index is 6.11. The standard InChI is InChI=1S/C12H15ClN4/c1-7(2)11-12(14)15-16-17(11)9-5-4-8(3)10(13)6-9/h4-7H,14H2,1-3H3. The van der Waals surface area contributed by atoms with Crippen LogP contribution < -0.4 is 5.73 Å². The lowest BCUT2D eigenvalue weighted by atomic mass is 10.1. The van der Waals surface area contributed by atoms with E-state index in [1.54, 1.807) is 4.68 Å². The minimum Gasteiger partial charge on any atom is -0.381 e. The number of benzene rings is 1. The predicted octanol–water partition coefficient (Wildman–Crippen LogP) is 2.93. The summed E-state index contributed by atoms with van der Waals surface area (Å²) in [6.07, 6.45) is 0. The molecule has 0 spiro atoms. The molecule has 4 nitrogen and oxygen atoms in total. The molecule has 0 unspecified atom stereocenters. The number of nitrogens with zero attached hydrogens (tertiary/aromatic N) is 3. The number of hydrogen-bond donors (Lipinski definition) is 1. The Morgan fingerprint density at radius 1 is 1.35 bits per heavy atom. The van der Waals surface area contributed by atoms with Crippen LogP contribution in [0.2, 0.25) is 5.02 Å². The van der Waals surface area contributed by atoms with Gasteiger partial charge in [-0.05, 0) is 30.5 Å².